The average Bonchev–Trinajstić information content (AvgIpc) is 3.30. The zero-order valence-electron chi connectivity index (χ0n) is 17.4. The Balaban J connectivity index is 1.34. The number of carbonyl (C=O) groups excluding carboxylic acids is 1. The largest absolute Gasteiger partial charge is 0.331 e. The Hall–Kier alpha value is -2.95. The maximum atomic E-state index is 12.6. The van der Waals surface area contributed by atoms with Gasteiger partial charge in [-0.3, -0.25) is 4.79 Å². The van der Waals surface area contributed by atoms with Gasteiger partial charge in [-0.2, -0.15) is 0 Å². The van der Waals surface area contributed by atoms with E-state index in [0.717, 1.165) is 12.2 Å². The summed E-state index contributed by atoms with van der Waals surface area (Å²) in [5.41, 5.74) is 4.60. The Morgan fingerprint density at radius 1 is 0.833 bits per heavy atom. The topological polar surface area (TPSA) is 50.1 Å². The van der Waals surface area contributed by atoms with Crippen LogP contribution in [0.5, 0.6) is 0 Å². The number of likely N-dealkylation sites (tertiary alicyclic amines) is 1. The summed E-state index contributed by atoms with van der Waals surface area (Å²) in [4.78, 5) is 14.3. The molecule has 3 aromatic carbocycles. The van der Waals surface area contributed by atoms with E-state index in [1.165, 1.54) is 42.6 Å². The summed E-state index contributed by atoms with van der Waals surface area (Å²) in [6, 6.07) is 29.1. The first kappa shape index (κ1) is 20.3. The number of quaternary nitrogens is 2. The highest BCUT2D eigenvalue weighted by atomic mass is 16.1. The summed E-state index contributed by atoms with van der Waals surface area (Å²) in [6.45, 7) is 4.00. The summed E-state index contributed by atoms with van der Waals surface area (Å²) in [6.07, 6.45) is 2.68. The SMILES string of the molecule is O=C(C[NH2+]C(c1ccccc1)c1ccccc1)Nc1ccc(C[NH+]2CCCC2)cc1. The first-order chi connectivity index (χ1) is 14.8. The van der Waals surface area contributed by atoms with Gasteiger partial charge in [0.15, 0.2) is 6.54 Å². The maximum Gasteiger partial charge on any atom is 0.279 e. The molecule has 0 unspecified atom stereocenters. The second-order valence-electron chi connectivity index (χ2n) is 8.12. The van der Waals surface area contributed by atoms with Crippen LogP contribution >= 0.6 is 0 Å². The monoisotopic (exact) mass is 401 g/mol. The molecule has 0 atom stereocenters. The van der Waals surface area contributed by atoms with E-state index in [1.807, 2.05) is 48.5 Å². The Bertz CT molecular complexity index is 880. The highest BCUT2D eigenvalue weighted by molar-refractivity contribution is 5.91. The van der Waals surface area contributed by atoms with Crippen molar-refractivity contribution in [2.24, 2.45) is 0 Å². The van der Waals surface area contributed by atoms with Gasteiger partial charge in [0.25, 0.3) is 5.91 Å². The summed E-state index contributed by atoms with van der Waals surface area (Å²) >= 11 is 0. The van der Waals surface area contributed by atoms with Crippen LogP contribution in [-0.4, -0.2) is 25.5 Å². The quantitative estimate of drug-likeness (QED) is 0.532. The molecule has 3 aromatic rings. The fourth-order valence-corrected chi connectivity index (χ4v) is 4.27. The van der Waals surface area contributed by atoms with Gasteiger partial charge >= 0.3 is 0 Å². The molecule has 0 saturated carbocycles. The number of amides is 1. The number of carbonyl (C=O) groups is 1. The van der Waals surface area contributed by atoms with E-state index in [-0.39, 0.29) is 11.9 Å². The van der Waals surface area contributed by atoms with Crippen LogP contribution in [0.2, 0.25) is 0 Å². The standard InChI is InChI=1S/C26H29N3O/c30-25(28-24-15-13-21(14-16-24)20-29-17-7-8-18-29)19-27-26(22-9-3-1-4-10-22)23-11-5-2-6-12-23/h1-6,9-16,26-27H,7-8,17-20H2,(H,28,30)/p+2. The molecule has 1 aliphatic heterocycles. The number of nitrogens with one attached hydrogen (secondary N) is 2. The lowest BCUT2D eigenvalue weighted by molar-refractivity contribution is -0.901. The lowest BCUT2D eigenvalue weighted by atomic mass is 9.99. The second-order valence-corrected chi connectivity index (χ2v) is 8.12. The van der Waals surface area contributed by atoms with Crippen LogP contribution in [0.15, 0.2) is 84.9 Å². The predicted molar refractivity (Wildman–Crippen MR) is 120 cm³/mol. The van der Waals surface area contributed by atoms with Crippen molar-refractivity contribution in [1.82, 2.24) is 0 Å². The first-order valence-corrected chi connectivity index (χ1v) is 10.9. The van der Waals surface area contributed by atoms with Crippen LogP contribution in [0, 0.1) is 0 Å². The van der Waals surface area contributed by atoms with Crippen LogP contribution in [0.1, 0.15) is 35.6 Å². The molecule has 4 nitrogen and oxygen atoms in total. The predicted octanol–water partition coefficient (Wildman–Crippen LogP) is 2.16. The van der Waals surface area contributed by atoms with Crippen LogP contribution in [0.25, 0.3) is 0 Å². The molecule has 154 valence electrons. The third-order valence-corrected chi connectivity index (χ3v) is 5.86. The van der Waals surface area contributed by atoms with Crippen molar-refractivity contribution in [2.45, 2.75) is 25.4 Å². The molecule has 4 N–H and O–H groups in total. The Morgan fingerprint density at radius 3 is 1.97 bits per heavy atom. The number of anilines is 1. The maximum absolute atomic E-state index is 12.6. The van der Waals surface area contributed by atoms with Crippen LogP contribution in [-0.2, 0) is 11.3 Å². The van der Waals surface area contributed by atoms with Gasteiger partial charge in [0.1, 0.15) is 12.6 Å². The van der Waals surface area contributed by atoms with Gasteiger partial charge in [-0.1, -0.05) is 72.8 Å². The molecule has 4 rings (SSSR count). The van der Waals surface area contributed by atoms with Crippen molar-refractivity contribution in [3.63, 3.8) is 0 Å². The molecule has 1 heterocycles. The number of rotatable bonds is 8. The number of benzene rings is 3. The van der Waals surface area contributed by atoms with E-state index in [2.05, 4.69) is 47.0 Å². The molecule has 1 aliphatic rings. The van der Waals surface area contributed by atoms with Crippen LogP contribution in [0.4, 0.5) is 5.69 Å². The molecular formula is C26H31N3O+2. The van der Waals surface area contributed by atoms with Crippen LogP contribution in [0.3, 0.4) is 0 Å². The Morgan fingerprint density at radius 2 is 1.40 bits per heavy atom. The molecule has 1 amide bonds. The molecule has 4 heteroatoms. The Labute approximate surface area is 178 Å². The van der Waals surface area contributed by atoms with E-state index in [4.69, 9.17) is 0 Å². The zero-order chi connectivity index (χ0) is 20.6. The van der Waals surface area contributed by atoms with Crippen LogP contribution < -0.4 is 15.5 Å². The van der Waals surface area contributed by atoms with Gasteiger partial charge in [0.05, 0.1) is 13.1 Å². The number of hydrogen-bond donors (Lipinski definition) is 3. The molecule has 1 fully saturated rings. The fraction of sp³-hybridized carbons (Fsp3) is 0.269. The van der Waals surface area contributed by atoms with E-state index in [0.29, 0.717) is 6.54 Å². The molecule has 0 aliphatic carbocycles. The van der Waals surface area contributed by atoms with Crippen molar-refractivity contribution in [3.05, 3.63) is 102 Å². The normalized spacial score (nSPS) is 14.2. The van der Waals surface area contributed by atoms with Gasteiger partial charge < -0.3 is 15.5 Å². The highest BCUT2D eigenvalue weighted by Gasteiger charge is 2.19. The van der Waals surface area contributed by atoms with Crippen molar-refractivity contribution >= 4 is 11.6 Å². The summed E-state index contributed by atoms with van der Waals surface area (Å²) in [7, 11) is 0. The second kappa shape index (κ2) is 10.2. The van der Waals surface area contributed by atoms with E-state index in [9.17, 15) is 4.79 Å². The first-order valence-electron chi connectivity index (χ1n) is 10.9. The van der Waals surface area contributed by atoms with Gasteiger partial charge in [-0.25, -0.2) is 0 Å². The van der Waals surface area contributed by atoms with Crippen molar-refractivity contribution in [2.75, 3.05) is 25.0 Å². The molecule has 0 radical (unpaired) electrons. The minimum Gasteiger partial charge on any atom is -0.331 e. The zero-order valence-corrected chi connectivity index (χ0v) is 17.4. The molecule has 0 spiro atoms. The summed E-state index contributed by atoms with van der Waals surface area (Å²) in [5, 5.41) is 5.15. The molecular weight excluding hydrogens is 370 g/mol. The van der Waals surface area contributed by atoms with Gasteiger partial charge in [0.2, 0.25) is 0 Å². The van der Waals surface area contributed by atoms with Crippen molar-refractivity contribution < 1.29 is 15.0 Å². The fourth-order valence-electron chi connectivity index (χ4n) is 4.27. The highest BCUT2D eigenvalue weighted by Crippen LogP contribution is 2.17. The molecule has 0 aromatic heterocycles. The third-order valence-electron chi connectivity index (χ3n) is 5.86. The third kappa shape index (κ3) is 5.56. The lowest BCUT2D eigenvalue weighted by Gasteiger charge is -2.16. The summed E-state index contributed by atoms with van der Waals surface area (Å²) in [5.74, 6) is 0.0183. The minimum atomic E-state index is 0.0183. The van der Waals surface area contributed by atoms with E-state index in [1.54, 1.807) is 4.90 Å². The summed E-state index contributed by atoms with van der Waals surface area (Å²) < 4.78 is 0. The Kier molecular flexibility index (Phi) is 6.91. The van der Waals surface area contributed by atoms with Crippen molar-refractivity contribution in [3.8, 4) is 0 Å². The minimum absolute atomic E-state index is 0.0183. The molecule has 1 saturated heterocycles. The molecule has 30 heavy (non-hydrogen) atoms. The van der Waals surface area contributed by atoms with Gasteiger partial charge in [-0.15, -0.1) is 0 Å². The van der Waals surface area contributed by atoms with Crippen molar-refractivity contribution in [1.29, 1.82) is 0 Å². The smallest absolute Gasteiger partial charge is 0.279 e. The number of hydrogen-bond acceptors (Lipinski definition) is 1. The van der Waals surface area contributed by atoms with E-state index < -0.39 is 0 Å². The van der Waals surface area contributed by atoms with Gasteiger partial charge in [-0.05, 0) is 12.1 Å². The number of nitrogens with two attached hydrogens (primary N) is 1. The van der Waals surface area contributed by atoms with Gasteiger partial charge in [0, 0.05) is 35.2 Å². The average molecular weight is 402 g/mol. The van der Waals surface area contributed by atoms with E-state index >= 15 is 0 Å². The lowest BCUT2D eigenvalue weighted by Crippen LogP contribution is -3.08. The molecule has 0 bridgehead atoms.